The van der Waals surface area contributed by atoms with Crippen molar-refractivity contribution in [3.8, 4) is 0 Å². The van der Waals surface area contributed by atoms with E-state index in [4.69, 9.17) is 5.10 Å². The number of amides is 1. The van der Waals surface area contributed by atoms with Crippen LogP contribution in [-0.4, -0.2) is 46.7 Å². The summed E-state index contributed by atoms with van der Waals surface area (Å²) in [5.74, 6) is -0.218. The normalized spacial score (nSPS) is 17.2. The second-order valence-corrected chi connectivity index (χ2v) is 8.68. The van der Waals surface area contributed by atoms with Crippen LogP contribution in [0.5, 0.6) is 0 Å². The monoisotopic (exact) mass is 533 g/mol. The number of carbonyl (C=O) groups excluding carboxylic acids is 1. The standard InChI is InChI=1S/C21H21FIN7O/c1-3-12-5-4-7-30-16(12)9-14(27-30)19-18-13(24-11-25-18)6-8-29(19)21(31)17-10-15(20(22)23)26-28(17)2/h4-5,7,9-11,19-20H,3,6,8H2,1-2H3,(H,24,25)/t19-,20?/m1/s1. The molecule has 1 N–H and O–H groups in total. The number of carbonyl (C=O) groups is 1. The Labute approximate surface area is 191 Å². The summed E-state index contributed by atoms with van der Waals surface area (Å²) in [6.45, 7) is 2.60. The zero-order valence-electron chi connectivity index (χ0n) is 17.1. The van der Waals surface area contributed by atoms with Crippen LogP contribution in [0.25, 0.3) is 5.52 Å². The molecule has 0 aliphatic carbocycles. The van der Waals surface area contributed by atoms with Gasteiger partial charge >= 0.3 is 0 Å². The molecule has 4 aromatic heterocycles. The molecule has 4 aromatic rings. The van der Waals surface area contributed by atoms with Gasteiger partial charge in [-0.05, 0) is 52.8 Å². The van der Waals surface area contributed by atoms with Crippen LogP contribution in [-0.2, 0) is 19.9 Å². The van der Waals surface area contributed by atoms with Gasteiger partial charge in [-0.3, -0.25) is 9.48 Å². The van der Waals surface area contributed by atoms with Crippen molar-refractivity contribution >= 4 is 34.0 Å². The van der Waals surface area contributed by atoms with Crippen molar-refractivity contribution in [3.05, 3.63) is 70.8 Å². The van der Waals surface area contributed by atoms with Crippen molar-refractivity contribution < 1.29 is 9.18 Å². The Morgan fingerprint density at radius 1 is 1.39 bits per heavy atom. The number of hydrogen-bond donors (Lipinski definition) is 1. The highest BCUT2D eigenvalue weighted by Gasteiger charge is 2.37. The second-order valence-electron chi connectivity index (χ2n) is 7.58. The van der Waals surface area contributed by atoms with Crippen LogP contribution in [0.4, 0.5) is 4.39 Å². The molecule has 5 heterocycles. The van der Waals surface area contributed by atoms with Crippen LogP contribution in [0, 0.1) is 0 Å². The summed E-state index contributed by atoms with van der Waals surface area (Å²) in [7, 11) is 1.66. The van der Waals surface area contributed by atoms with E-state index in [0.29, 0.717) is 18.7 Å². The quantitative estimate of drug-likeness (QED) is 0.322. The van der Waals surface area contributed by atoms with Crippen molar-refractivity contribution in [3.63, 3.8) is 0 Å². The van der Waals surface area contributed by atoms with Gasteiger partial charge in [0.1, 0.15) is 17.4 Å². The number of imidazole rings is 1. The maximum atomic E-state index is 13.8. The third-order valence-electron chi connectivity index (χ3n) is 5.80. The van der Waals surface area contributed by atoms with E-state index >= 15 is 0 Å². The maximum absolute atomic E-state index is 13.8. The van der Waals surface area contributed by atoms with Gasteiger partial charge in [0.2, 0.25) is 0 Å². The fourth-order valence-corrected chi connectivity index (χ4v) is 4.57. The molecule has 1 amide bonds. The minimum Gasteiger partial charge on any atom is -0.348 e. The molecule has 31 heavy (non-hydrogen) atoms. The third kappa shape index (κ3) is 3.33. The van der Waals surface area contributed by atoms with Gasteiger partial charge in [-0.15, -0.1) is 0 Å². The molecule has 0 radical (unpaired) electrons. The Balaban J connectivity index is 1.62. The van der Waals surface area contributed by atoms with Crippen LogP contribution in [0.1, 0.15) is 56.0 Å². The van der Waals surface area contributed by atoms with Crippen LogP contribution in [0.3, 0.4) is 0 Å². The number of pyridine rings is 1. The molecule has 0 saturated carbocycles. The van der Waals surface area contributed by atoms with Crippen molar-refractivity contribution in [2.75, 3.05) is 6.54 Å². The molecule has 1 aliphatic heterocycles. The summed E-state index contributed by atoms with van der Waals surface area (Å²) < 4.78 is 15.8. The summed E-state index contributed by atoms with van der Waals surface area (Å²) >= 11 is 1.65. The zero-order valence-corrected chi connectivity index (χ0v) is 19.2. The summed E-state index contributed by atoms with van der Waals surface area (Å²) in [4.78, 5) is 23.1. The van der Waals surface area contributed by atoms with E-state index in [1.54, 1.807) is 40.9 Å². The van der Waals surface area contributed by atoms with E-state index in [2.05, 4.69) is 28.1 Å². The molecule has 160 valence electrons. The lowest BCUT2D eigenvalue weighted by Crippen LogP contribution is -2.41. The lowest BCUT2D eigenvalue weighted by atomic mass is 9.99. The smallest absolute Gasteiger partial charge is 0.273 e. The Hall–Kier alpha value is -2.76. The highest BCUT2D eigenvalue weighted by molar-refractivity contribution is 14.1. The van der Waals surface area contributed by atoms with Gasteiger partial charge < -0.3 is 9.88 Å². The van der Waals surface area contributed by atoms with E-state index in [1.165, 1.54) is 16.3 Å². The molecule has 0 spiro atoms. The first-order valence-corrected chi connectivity index (χ1v) is 11.3. The Morgan fingerprint density at radius 3 is 2.97 bits per heavy atom. The van der Waals surface area contributed by atoms with Crippen LogP contribution in [0.15, 0.2) is 36.8 Å². The average molecular weight is 533 g/mol. The van der Waals surface area contributed by atoms with E-state index in [-0.39, 0.29) is 11.6 Å². The number of aromatic nitrogens is 6. The molecule has 0 aromatic carbocycles. The summed E-state index contributed by atoms with van der Waals surface area (Å²) in [6.07, 6.45) is 5.11. The lowest BCUT2D eigenvalue weighted by molar-refractivity contribution is 0.0675. The van der Waals surface area contributed by atoms with Gasteiger partial charge in [-0.1, -0.05) is 13.0 Å². The van der Waals surface area contributed by atoms with E-state index in [1.807, 2.05) is 22.8 Å². The minimum atomic E-state index is -1.27. The largest absolute Gasteiger partial charge is 0.348 e. The number of nitrogens with zero attached hydrogens (tertiary/aromatic N) is 6. The Bertz CT molecular complexity index is 1270. The maximum Gasteiger partial charge on any atom is 0.273 e. The molecule has 0 bridgehead atoms. The van der Waals surface area contributed by atoms with E-state index in [0.717, 1.165) is 29.0 Å². The number of rotatable bonds is 4. The molecule has 1 unspecified atom stereocenters. The number of fused-ring (bicyclic) bond motifs is 2. The predicted octanol–water partition coefficient (Wildman–Crippen LogP) is 3.54. The number of H-pyrrole nitrogens is 1. The topological polar surface area (TPSA) is 84.1 Å². The van der Waals surface area contributed by atoms with Crippen LogP contribution >= 0.6 is 22.6 Å². The average Bonchev–Trinajstić information content (AvgIpc) is 3.49. The first kappa shape index (κ1) is 20.2. The molecule has 0 fully saturated rings. The van der Waals surface area contributed by atoms with Crippen molar-refractivity contribution in [2.45, 2.75) is 30.0 Å². The molecule has 1 aliphatic rings. The Kier molecular flexibility index (Phi) is 5.03. The van der Waals surface area contributed by atoms with Crippen LogP contribution < -0.4 is 0 Å². The molecule has 8 nitrogen and oxygen atoms in total. The van der Waals surface area contributed by atoms with Crippen LogP contribution in [0.2, 0.25) is 0 Å². The number of hydrogen-bond acceptors (Lipinski definition) is 4. The fraction of sp³-hybridized carbons (Fsp3) is 0.333. The predicted molar refractivity (Wildman–Crippen MR) is 121 cm³/mol. The lowest BCUT2D eigenvalue weighted by Gasteiger charge is -2.33. The highest BCUT2D eigenvalue weighted by atomic mass is 127. The third-order valence-corrected chi connectivity index (χ3v) is 6.43. The Morgan fingerprint density at radius 2 is 2.23 bits per heavy atom. The first-order chi connectivity index (χ1) is 15.0. The minimum absolute atomic E-state index is 0.218. The molecule has 10 heteroatoms. The van der Waals surface area contributed by atoms with Gasteiger partial charge in [0.15, 0.2) is 4.18 Å². The number of nitrogens with one attached hydrogen (secondary N) is 1. The summed E-state index contributed by atoms with van der Waals surface area (Å²) in [6, 6.07) is 7.17. The van der Waals surface area contributed by atoms with Gasteiger partial charge in [0.05, 0.1) is 23.2 Å². The van der Waals surface area contributed by atoms with Gasteiger partial charge in [-0.2, -0.15) is 10.2 Å². The van der Waals surface area contributed by atoms with Crippen molar-refractivity contribution in [2.24, 2.45) is 7.05 Å². The van der Waals surface area contributed by atoms with Gasteiger partial charge in [0, 0.05) is 31.9 Å². The second kappa shape index (κ2) is 7.74. The summed E-state index contributed by atoms with van der Waals surface area (Å²) in [5, 5.41) is 8.95. The number of aromatic amines is 1. The van der Waals surface area contributed by atoms with Gasteiger partial charge in [-0.25, -0.2) is 13.9 Å². The number of halogens is 2. The zero-order chi connectivity index (χ0) is 21.7. The molecule has 2 atom stereocenters. The molecule has 5 rings (SSSR count). The number of aryl methyl sites for hydroxylation is 2. The molecular weight excluding hydrogens is 512 g/mol. The molecular formula is C21H21FIN7O. The molecule has 0 saturated heterocycles. The SMILES string of the molecule is CCc1cccn2nc([C@@H]3c4nc[nH]c4CCN3C(=O)c3cc(C(F)I)nn3C)cc12. The van der Waals surface area contributed by atoms with E-state index in [9.17, 15) is 9.18 Å². The first-order valence-electron chi connectivity index (χ1n) is 10.1. The fourth-order valence-electron chi connectivity index (χ4n) is 4.26. The van der Waals surface area contributed by atoms with E-state index < -0.39 is 10.2 Å². The van der Waals surface area contributed by atoms with Crippen molar-refractivity contribution in [1.82, 2.24) is 34.3 Å². The number of alkyl halides is 2. The highest BCUT2D eigenvalue weighted by Crippen LogP contribution is 2.35. The summed E-state index contributed by atoms with van der Waals surface area (Å²) in [5.41, 5.74) is 5.33. The van der Waals surface area contributed by atoms with Crippen molar-refractivity contribution in [1.29, 1.82) is 0 Å². The van der Waals surface area contributed by atoms with Gasteiger partial charge in [0.25, 0.3) is 5.91 Å².